The van der Waals surface area contributed by atoms with Crippen molar-refractivity contribution in [1.29, 1.82) is 0 Å². The molecule has 1 unspecified atom stereocenters. The third-order valence-corrected chi connectivity index (χ3v) is 3.81. The van der Waals surface area contributed by atoms with Gasteiger partial charge in [-0.3, -0.25) is 4.79 Å². The Bertz CT molecular complexity index is 430. The van der Waals surface area contributed by atoms with Crippen molar-refractivity contribution in [3.8, 4) is 0 Å². The number of rotatable bonds is 5. The Labute approximate surface area is 113 Å². The number of nitrogens with one attached hydrogen (secondary N) is 1. The van der Waals surface area contributed by atoms with Crippen molar-refractivity contribution >= 4 is 17.7 Å². The van der Waals surface area contributed by atoms with Gasteiger partial charge in [0.1, 0.15) is 0 Å². The number of carbonyl (C=O) groups is 1. The quantitative estimate of drug-likeness (QED) is 0.806. The van der Waals surface area contributed by atoms with Crippen molar-refractivity contribution in [2.24, 2.45) is 0 Å². The van der Waals surface area contributed by atoms with E-state index in [9.17, 15) is 9.90 Å². The average Bonchev–Trinajstić information content (AvgIpc) is 2.36. The van der Waals surface area contributed by atoms with Gasteiger partial charge in [-0.05, 0) is 44.2 Å². The summed E-state index contributed by atoms with van der Waals surface area (Å²) in [6.45, 7) is 5.80. The maximum Gasteiger partial charge on any atom is 0.251 e. The van der Waals surface area contributed by atoms with Crippen molar-refractivity contribution in [1.82, 2.24) is 5.32 Å². The Kier molecular flexibility index (Phi) is 5.23. The van der Waals surface area contributed by atoms with Gasteiger partial charge in [-0.15, -0.1) is 11.8 Å². The molecular weight excluding hydrogens is 246 g/mol. The number of carbonyl (C=O) groups excluding carboxylic acids is 1. The molecule has 1 amide bonds. The van der Waals surface area contributed by atoms with E-state index in [2.05, 4.69) is 5.32 Å². The zero-order chi connectivity index (χ0) is 13.8. The number of benzene rings is 1. The molecule has 0 aliphatic carbocycles. The second-order valence-electron chi connectivity index (χ2n) is 4.71. The molecule has 1 rings (SSSR count). The second kappa shape index (κ2) is 6.25. The first-order valence-corrected chi connectivity index (χ1v) is 7.27. The van der Waals surface area contributed by atoms with Gasteiger partial charge in [0, 0.05) is 17.0 Å². The molecule has 1 aromatic rings. The van der Waals surface area contributed by atoms with Gasteiger partial charge in [-0.25, -0.2) is 0 Å². The van der Waals surface area contributed by atoms with Gasteiger partial charge < -0.3 is 10.4 Å². The fourth-order valence-electron chi connectivity index (χ4n) is 1.46. The highest BCUT2D eigenvalue weighted by Crippen LogP contribution is 2.19. The topological polar surface area (TPSA) is 49.3 Å². The molecule has 0 saturated heterocycles. The van der Waals surface area contributed by atoms with Crippen LogP contribution in [0.2, 0.25) is 0 Å². The van der Waals surface area contributed by atoms with E-state index in [0.717, 1.165) is 10.5 Å². The summed E-state index contributed by atoms with van der Waals surface area (Å²) >= 11 is 1.61. The Hall–Kier alpha value is -1.00. The predicted octanol–water partition coefficient (Wildman–Crippen LogP) is 2.61. The SMILES string of the molecule is CCC(C)(O)CNC(=O)c1cc(SC)ccc1C. The highest BCUT2D eigenvalue weighted by Gasteiger charge is 2.19. The van der Waals surface area contributed by atoms with Crippen LogP contribution in [-0.2, 0) is 0 Å². The third kappa shape index (κ3) is 4.03. The van der Waals surface area contributed by atoms with Crippen molar-refractivity contribution in [3.63, 3.8) is 0 Å². The first-order chi connectivity index (χ1) is 8.39. The van der Waals surface area contributed by atoms with Crippen molar-refractivity contribution in [2.75, 3.05) is 12.8 Å². The van der Waals surface area contributed by atoms with Crippen LogP contribution in [0.5, 0.6) is 0 Å². The lowest BCUT2D eigenvalue weighted by Gasteiger charge is -2.21. The third-order valence-electron chi connectivity index (χ3n) is 3.08. The summed E-state index contributed by atoms with van der Waals surface area (Å²) in [7, 11) is 0. The van der Waals surface area contributed by atoms with E-state index in [1.807, 2.05) is 38.3 Å². The molecule has 1 atom stereocenters. The van der Waals surface area contributed by atoms with Crippen LogP contribution in [0.4, 0.5) is 0 Å². The Morgan fingerprint density at radius 1 is 1.50 bits per heavy atom. The molecule has 0 heterocycles. The lowest BCUT2D eigenvalue weighted by molar-refractivity contribution is 0.0518. The Morgan fingerprint density at radius 3 is 2.72 bits per heavy atom. The van der Waals surface area contributed by atoms with Crippen LogP contribution < -0.4 is 5.32 Å². The van der Waals surface area contributed by atoms with Gasteiger partial charge in [-0.1, -0.05) is 13.0 Å². The van der Waals surface area contributed by atoms with E-state index in [-0.39, 0.29) is 12.5 Å². The molecule has 1 aromatic carbocycles. The van der Waals surface area contributed by atoms with E-state index < -0.39 is 5.60 Å². The monoisotopic (exact) mass is 267 g/mol. The molecule has 0 radical (unpaired) electrons. The van der Waals surface area contributed by atoms with Crippen LogP contribution >= 0.6 is 11.8 Å². The maximum absolute atomic E-state index is 12.1. The van der Waals surface area contributed by atoms with Gasteiger partial charge in [0.05, 0.1) is 5.60 Å². The summed E-state index contributed by atoms with van der Waals surface area (Å²) in [6, 6.07) is 5.83. The largest absolute Gasteiger partial charge is 0.388 e. The molecule has 0 saturated carbocycles. The molecule has 0 spiro atoms. The molecule has 0 aromatic heterocycles. The highest BCUT2D eigenvalue weighted by molar-refractivity contribution is 7.98. The van der Waals surface area contributed by atoms with Crippen molar-refractivity contribution in [3.05, 3.63) is 29.3 Å². The first-order valence-electron chi connectivity index (χ1n) is 6.05. The zero-order valence-electron chi connectivity index (χ0n) is 11.4. The summed E-state index contributed by atoms with van der Waals surface area (Å²) in [5.74, 6) is -0.128. The number of aliphatic hydroxyl groups is 1. The molecule has 2 N–H and O–H groups in total. The van der Waals surface area contributed by atoms with Crippen molar-refractivity contribution in [2.45, 2.75) is 37.7 Å². The normalized spacial score (nSPS) is 14.1. The Morgan fingerprint density at radius 2 is 2.17 bits per heavy atom. The fourth-order valence-corrected chi connectivity index (χ4v) is 1.90. The minimum absolute atomic E-state index is 0.128. The Balaban J connectivity index is 2.78. The lowest BCUT2D eigenvalue weighted by Crippen LogP contribution is -2.40. The zero-order valence-corrected chi connectivity index (χ0v) is 12.2. The highest BCUT2D eigenvalue weighted by atomic mass is 32.2. The summed E-state index contributed by atoms with van der Waals surface area (Å²) in [5.41, 5.74) is 0.774. The maximum atomic E-state index is 12.1. The number of aryl methyl sites for hydroxylation is 1. The van der Waals surface area contributed by atoms with Gasteiger partial charge in [0.15, 0.2) is 0 Å². The molecule has 0 aliphatic heterocycles. The number of amides is 1. The number of hydrogen-bond acceptors (Lipinski definition) is 3. The van der Waals surface area contributed by atoms with Gasteiger partial charge in [-0.2, -0.15) is 0 Å². The van der Waals surface area contributed by atoms with Crippen LogP contribution in [-0.4, -0.2) is 29.4 Å². The summed E-state index contributed by atoms with van der Waals surface area (Å²) in [6.07, 6.45) is 2.59. The molecule has 0 fully saturated rings. The molecule has 4 heteroatoms. The first kappa shape index (κ1) is 15.1. The van der Waals surface area contributed by atoms with E-state index in [1.165, 1.54) is 0 Å². The van der Waals surface area contributed by atoms with E-state index in [0.29, 0.717) is 12.0 Å². The van der Waals surface area contributed by atoms with E-state index in [1.54, 1.807) is 18.7 Å². The molecule has 3 nitrogen and oxygen atoms in total. The molecule has 0 bridgehead atoms. The van der Waals surface area contributed by atoms with Gasteiger partial charge >= 0.3 is 0 Å². The minimum atomic E-state index is -0.847. The van der Waals surface area contributed by atoms with E-state index in [4.69, 9.17) is 0 Å². The standard InChI is InChI=1S/C14H21NO2S/c1-5-14(3,17)9-15-13(16)12-8-11(18-4)7-6-10(12)2/h6-8,17H,5,9H2,1-4H3,(H,15,16). The summed E-state index contributed by atoms with van der Waals surface area (Å²) in [5, 5.41) is 12.7. The molecule has 18 heavy (non-hydrogen) atoms. The number of thioether (sulfide) groups is 1. The van der Waals surface area contributed by atoms with Crippen molar-refractivity contribution < 1.29 is 9.90 Å². The number of hydrogen-bond donors (Lipinski definition) is 2. The summed E-state index contributed by atoms with van der Waals surface area (Å²) in [4.78, 5) is 13.1. The van der Waals surface area contributed by atoms with Gasteiger partial charge in [0.2, 0.25) is 0 Å². The molecular formula is C14H21NO2S. The average molecular weight is 267 g/mol. The second-order valence-corrected chi connectivity index (χ2v) is 5.59. The minimum Gasteiger partial charge on any atom is -0.388 e. The fraction of sp³-hybridized carbons (Fsp3) is 0.500. The van der Waals surface area contributed by atoms with Crippen LogP contribution in [0.1, 0.15) is 36.2 Å². The van der Waals surface area contributed by atoms with Crippen LogP contribution in [0.15, 0.2) is 23.1 Å². The molecule has 0 aliphatic rings. The predicted molar refractivity (Wildman–Crippen MR) is 76.2 cm³/mol. The van der Waals surface area contributed by atoms with E-state index >= 15 is 0 Å². The molecule has 100 valence electrons. The van der Waals surface area contributed by atoms with Crippen LogP contribution in [0, 0.1) is 6.92 Å². The smallest absolute Gasteiger partial charge is 0.251 e. The summed E-state index contributed by atoms with van der Waals surface area (Å²) < 4.78 is 0. The van der Waals surface area contributed by atoms with Crippen LogP contribution in [0.3, 0.4) is 0 Å². The lowest BCUT2D eigenvalue weighted by atomic mass is 10.0. The van der Waals surface area contributed by atoms with Crippen LogP contribution in [0.25, 0.3) is 0 Å². The van der Waals surface area contributed by atoms with Gasteiger partial charge in [0.25, 0.3) is 5.91 Å².